The number of anilines is 2. The fourth-order valence-electron chi connectivity index (χ4n) is 2.10. The number of hydrogen-bond acceptors (Lipinski definition) is 6. The number of primary amides is 1. The molecule has 1 aliphatic rings. The van der Waals surface area contributed by atoms with Gasteiger partial charge in [0.1, 0.15) is 5.00 Å². The van der Waals surface area contributed by atoms with Crippen LogP contribution in [0.3, 0.4) is 0 Å². The van der Waals surface area contributed by atoms with E-state index < -0.39 is 5.91 Å². The van der Waals surface area contributed by atoms with Crippen molar-refractivity contribution in [3.8, 4) is 0 Å². The molecule has 0 aromatic carbocycles. The van der Waals surface area contributed by atoms with E-state index in [2.05, 4.69) is 4.90 Å². The normalized spacial score (nSPS) is 16.2. The first-order valence-corrected chi connectivity index (χ1v) is 8.05. The molecule has 1 amide bonds. The van der Waals surface area contributed by atoms with Gasteiger partial charge in [-0.15, -0.1) is 11.3 Å². The Hall–Kier alpha value is -1.21. The van der Waals surface area contributed by atoms with E-state index in [9.17, 15) is 9.59 Å². The van der Waals surface area contributed by atoms with Crippen LogP contribution in [0.15, 0.2) is 0 Å². The predicted octanol–water partition coefficient (Wildman–Crippen LogP) is 1.58. The van der Waals surface area contributed by atoms with Gasteiger partial charge in [0.2, 0.25) is 0 Å². The lowest BCUT2D eigenvalue weighted by molar-refractivity contribution is 0.100. The summed E-state index contributed by atoms with van der Waals surface area (Å²) in [7, 11) is 0. The van der Waals surface area contributed by atoms with Gasteiger partial charge < -0.3 is 16.4 Å². The molecule has 0 bridgehead atoms. The van der Waals surface area contributed by atoms with Crippen molar-refractivity contribution < 1.29 is 9.59 Å². The minimum Gasteiger partial charge on any atom is -0.397 e. The Bertz CT molecular complexity index is 505. The van der Waals surface area contributed by atoms with E-state index in [1.54, 1.807) is 0 Å². The van der Waals surface area contributed by atoms with Crippen molar-refractivity contribution in [2.24, 2.45) is 5.73 Å². The highest BCUT2D eigenvalue weighted by molar-refractivity contribution is 7.99. The third-order valence-corrected chi connectivity index (χ3v) is 5.42. The Morgan fingerprint density at radius 1 is 1.26 bits per heavy atom. The van der Waals surface area contributed by atoms with Gasteiger partial charge in [0.05, 0.1) is 16.1 Å². The highest BCUT2D eigenvalue weighted by atomic mass is 32.2. The molecule has 2 heterocycles. The lowest BCUT2D eigenvalue weighted by atomic mass is 10.2. The van der Waals surface area contributed by atoms with Crippen LogP contribution < -0.4 is 16.4 Å². The smallest absolute Gasteiger partial charge is 0.253 e. The van der Waals surface area contributed by atoms with E-state index in [-0.39, 0.29) is 11.5 Å². The van der Waals surface area contributed by atoms with Crippen LogP contribution in [0.1, 0.15) is 33.4 Å². The lowest BCUT2D eigenvalue weighted by Gasteiger charge is -2.21. The summed E-state index contributed by atoms with van der Waals surface area (Å²) in [6.07, 6.45) is 1.05. The van der Waals surface area contributed by atoms with Crippen molar-refractivity contribution in [2.75, 3.05) is 35.2 Å². The number of nitrogen functional groups attached to an aromatic ring is 1. The number of thioether (sulfide) groups is 1. The number of carbonyl (C=O) groups excluding carboxylic acids is 2. The molecule has 5 nitrogen and oxygen atoms in total. The number of Topliss-reactive ketones (excluding diaryl/α,β-unsaturated/α-hetero) is 1. The molecule has 0 radical (unpaired) electrons. The van der Waals surface area contributed by atoms with Crippen molar-refractivity contribution in [2.45, 2.75) is 13.3 Å². The summed E-state index contributed by atoms with van der Waals surface area (Å²) in [4.78, 5) is 25.7. The number of amides is 1. The third kappa shape index (κ3) is 2.87. The average Bonchev–Trinajstić information content (AvgIpc) is 2.53. The molecule has 19 heavy (non-hydrogen) atoms. The van der Waals surface area contributed by atoms with Gasteiger partial charge in [-0.2, -0.15) is 11.8 Å². The highest BCUT2D eigenvalue weighted by Gasteiger charge is 2.26. The Morgan fingerprint density at radius 2 is 2.00 bits per heavy atom. The van der Waals surface area contributed by atoms with E-state index in [0.29, 0.717) is 10.4 Å². The summed E-state index contributed by atoms with van der Waals surface area (Å²) in [6.45, 7) is 3.17. The van der Waals surface area contributed by atoms with Gasteiger partial charge in [0, 0.05) is 25.8 Å². The minimum absolute atomic E-state index is 0.125. The molecule has 1 saturated heterocycles. The van der Waals surface area contributed by atoms with E-state index >= 15 is 0 Å². The quantitative estimate of drug-likeness (QED) is 0.827. The zero-order chi connectivity index (χ0) is 14.0. The van der Waals surface area contributed by atoms with Gasteiger partial charge in [-0.05, 0) is 12.2 Å². The van der Waals surface area contributed by atoms with Crippen molar-refractivity contribution in [1.29, 1.82) is 0 Å². The molecule has 4 N–H and O–H groups in total. The number of thiophene rings is 1. The largest absolute Gasteiger partial charge is 0.397 e. The standard InChI is InChI=1S/C12H17N3O2S2/c1-7(16)10-9(13)8(11(14)17)12(19-10)15-3-2-5-18-6-4-15/h2-6,13H2,1H3,(H2,14,17). The van der Waals surface area contributed by atoms with Crippen molar-refractivity contribution in [3.05, 3.63) is 10.4 Å². The molecule has 7 heteroatoms. The maximum absolute atomic E-state index is 11.6. The van der Waals surface area contributed by atoms with Crippen LogP contribution in [0, 0.1) is 0 Å². The van der Waals surface area contributed by atoms with Crippen LogP contribution in [0.5, 0.6) is 0 Å². The highest BCUT2D eigenvalue weighted by Crippen LogP contribution is 2.39. The second kappa shape index (κ2) is 5.83. The number of nitrogens with zero attached hydrogens (tertiary/aromatic N) is 1. The number of nitrogens with two attached hydrogens (primary N) is 2. The van der Waals surface area contributed by atoms with Crippen LogP contribution in [-0.2, 0) is 0 Å². The lowest BCUT2D eigenvalue weighted by Crippen LogP contribution is -2.27. The van der Waals surface area contributed by atoms with Gasteiger partial charge in [0.25, 0.3) is 5.91 Å². The van der Waals surface area contributed by atoms with Crippen molar-refractivity contribution in [1.82, 2.24) is 0 Å². The van der Waals surface area contributed by atoms with Crippen LogP contribution in [0.2, 0.25) is 0 Å². The van der Waals surface area contributed by atoms with E-state index in [1.165, 1.54) is 18.3 Å². The zero-order valence-electron chi connectivity index (χ0n) is 10.8. The maximum atomic E-state index is 11.6. The SMILES string of the molecule is CC(=O)c1sc(N2CCCSCC2)c(C(N)=O)c1N. The molecular weight excluding hydrogens is 282 g/mol. The first kappa shape index (κ1) is 14.2. The molecule has 0 atom stereocenters. The number of rotatable bonds is 3. The van der Waals surface area contributed by atoms with E-state index in [1.807, 2.05) is 11.8 Å². The predicted molar refractivity (Wildman–Crippen MR) is 81.4 cm³/mol. The Morgan fingerprint density at radius 3 is 2.63 bits per heavy atom. The second-order valence-electron chi connectivity index (χ2n) is 4.40. The number of carbonyl (C=O) groups is 2. The fraction of sp³-hybridized carbons (Fsp3) is 0.500. The van der Waals surface area contributed by atoms with E-state index in [0.717, 1.165) is 36.0 Å². The molecular formula is C12H17N3O2S2. The van der Waals surface area contributed by atoms with Crippen molar-refractivity contribution in [3.63, 3.8) is 0 Å². The summed E-state index contributed by atoms with van der Waals surface area (Å²) < 4.78 is 0. The first-order chi connectivity index (χ1) is 9.02. The first-order valence-electron chi connectivity index (χ1n) is 6.08. The Kier molecular flexibility index (Phi) is 4.36. The summed E-state index contributed by atoms with van der Waals surface area (Å²) in [6, 6.07) is 0. The minimum atomic E-state index is -0.562. The van der Waals surface area contributed by atoms with Crippen molar-refractivity contribution >= 4 is 45.5 Å². The molecule has 0 unspecified atom stereocenters. The molecule has 1 aromatic heterocycles. The van der Waals surface area contributed by atoms with E-state index in [4.69, 9.17) is 11.5 Å². The molecule has 0 aliphatic carbocycles. The summed E-state index contributed by atoms with van der Waals surface area (Å²) in [5.41, 5.74) is 11.9. The van der Waals surface area contributed by atoms with Gasteiger partial charge in [0.15, 0.2) is 5.78 Å². The summed E-state index contributed by atoms with van der Waals surface area (Å²) in [5, 5.41) is 0.748. The number of hydrogen-bond donors (Lipinski definition) is 2. The fourth-order valence-corrected chi connectivity index (χ4v) is 4.16. The van der Waals surface area contributed by atoms with Gasteiger partial charge in [-0.25, -0.2) is 0 Å². The summed E-state index contributed by atoms with van der Waals surface area (Å²) in [5.74, 6) is 1.43. The molecule has 1 fully saturated rings. The topological polar surface area (TPSA) is 89.4 Å². The maximum Gasteiger partial charge on any atom is 0.253 e. The Labute approximate surface area is 120 Å². The monoisotopic (exact) mass is 299 g/mol. The van der Waals surface area contributed by atoms with Crippen LogP contribution in [0.25, 0.3) is 0 Å². The average molecular weight is 299 g/mol. The molecule has 0 saturated carbocycles. The van der Waals surface area contributed by atoms with Gasteiger partial charge >= 0.3 is 0 Å². The second-order valence-corrected chi connectivity index (χ2v) is 6.62. The van der Waals surface area contributed by atoms with Crippen LogP contribution in [0.4, 0.5) is 10.7 Å². The zero-order valence-corrected chi connectivity index (χ0v) is 12.4. The molecule has 1 aliphatic heterocycles. The summed E-state index contributed by atoms with van der Waals surface area (Å²) >= 11 is 3.17. The molecule has 0 spiro atoms. The number of ketones is 1. The molecule has 1 aromatic rings. The Balaban J connectivity index is 2.45. The third-order valence-electron chi connectivity index (χ3n) is 3.00. The van der Waals surface area contributed by atoms with Crippen LogP contribution >= 0.6 is 23.1 Å². The molecule has 2 rings (SSSR count). The van der Waals surface area contributed by atoms with Gasteiger partial charge in [-0.3, -0.25) is 9.59 Å². The van der Waals surface area contributed by atoms with Gasteiger partial charge in [-0.1, -0.05) is 0 Å². The van der Waals surface area contributed by atoms with Crippen LogP contribution in [-0.4, -0.2) is 36.3 Å². The molecule has 104 valence electrons.